The molecule has 1 aromatic carbocycles. The van der Waals surface area contributed by atoms with E-state index in [1.165, 1.54) is 11.1 Å². The first-order valence-electron chi connectivity index (χ1n) is 5.67. The predicted octanol–water partition coefficient (Wildman–Crippen LogP) is 3.35. The van der Waals surface area contributed by atoms with Gasteiger partial charge in [0.15, 0.2) is 0 Å². The van der Waals surface area contributed by atoms with Crippen LogP contribution in [0.25, 0.3) is 0 Å². The first kappa shape index (κ1) is 12.6. The average molecular weight is 222 g/mol. The molecule has 0 N–H and O–H groups in total. The van der Waals surface area contributed by atoms with Crippen molar-refractivity contribution in [1.82, 2.24) is 0 Å². The Morgan fingerprint density at radius 1 is 1.06 bits per heavy atom. The number of rotatable bonds is 4. The van der Waals surface area contributed by atoms with Crippen LogP contribution < -0.4 is 4.74 Å². The third-order valence-corrected chi connectivity index (χ3v) is 2.31. The van der Waals surface area contributed by atoms with Gasteiger partial charge in [-0.2, -0.15) is 0 Å². The summed E-state index contributed by atoms with van der Waals surface area (Å²) in [4.78, 5) is 11.2. The molecule has 0 saturated carbocycles. The van der Waals surface area contributed by atoms with Crippen molar-refractivity contribution in [3.8, 4) is 5.75 Å². The summed E-state index contributed by atoms with van der Waals surface area (Å²) >= 11 is 0. The molecular weight excluding hydrogens is 204 g/mol. The minimum Gasteiger partial charge on any atom is -0.434 e. The minimum atomic E-state index is -0.641. The highest BCUT2D eigenvalue weighted by atomic mass is 16.7. The fourth-order valence-corrected chi connectivity index (χ4v) is 1.44. The van der Waals surface area contributed by atoms with Crippen LogP contribution in [0.15, 0.2) is 18.2 Å². The Morgan fingerprint density at radius 3 is 2.06 bits per heavy atom. The summed E-state index contributed by atoms with van der Waals surface area (Å²) in [5.74, 6) is 0.564. The molecule has 3 nitrogen and oxygen atoms in total. The van der Waals surface area contributed by atoms with Crippen LogP contribution in [-0.2, 0) is 17.6 Å². The van der Waals surface area contributed by atoms with E-state index < -0.39 is 6.16 Å². The Morgan fingerprint density at radius 2 is 1.62 bits per heavy atom. The highest BCUT2D eigenvalue weighted by Gasteiger charge is 2.06. The number of carbonyl (C=O) groups excluding carboxylic acids is 1. The van der Waals surface area contributed by atoms with E-state index in [0.29, 0.717) is 12.4 Å². The van der Waals surface area contributed by atoms with Crippen LogP contribution in [0, 0.1) is 0 Å². The monoisotopic (exact) mass is 222 g/mol. The lowest BCUT2D eigenvalue weighted by Crippen LogP contribution is -2.10. The second kappa shape index (κ2) is 6.16. The normalized spacial score (nSPS) is 9.94. The first-order valence-corrected chi connectivity index (χ1v) is 5.67. The largest absolute Gasteiger partial charge is 0.513 e. The number of benzene rings is 1. The van der Waals surface area contributed by atoms with Gasteiger partial charge in [-0.05, 0) is 43.0 Å². The molecule has 1 rings (SSSR count). The smallest absolute Gasteiger partial charge is 0.434 e. The standard InChI is InChI=1S/C13H18O3/c1-4-10-7-11(5-2)9-12(8-10)16-13(14)15-6-3/h7-9H,4-6H2,1-3H3. The summed E-state index contributed by atoms with van der Waals surface area (Å²) < 4.78 is 9.81. The van der Waals surface area contributed by atoms with E-state index in [1.54, 1.807) is 6.92 Å². The Bertz CT molecular complexity index is 336. The highest BCUT2D eigenvalue weighted by Crippen LogP contribution is 2.18. The number of aryl methyl sites for hydroxylation is 2. The highest BCUT2D eigenvalue weighted by molar-refractivity contribution is 5.64. The van der Waals surface area contributed by atoms with Gasteiger partial charge in [0.1, 0.15) is 5.75 Å². The topological polar surface area (TPSA) is 35.5 Å². The molecule has 0 saturated heterocycles. The van der Waals surface area contributed by atoms with Gasteiger partial charge in [-0.3, -0.25) is 0 Å². The maximum atomic E-state index is 11.2. The molecule has 0 aliphatic heterocycles. The van der Waals surface area contributed by atoms with Crippen LogP contribution >= 0.6 is 0 Å². The van der Waals surface area contributed by atoms with Gasteiger partial charge in [-0.25, -0.2) is 4.79 Å². The van der Waals surface area contributed by atoms with Crippen LogP contribution in [-0.4, -0.2) is 12.8 Å². The van der Waals surface area contributed by atoms with Crippen molar-refractivity contribution in [2.24, 2.45) is 0 Å². The SMILES string of the molecule is CCOC(=O)Oc1cc(CC)cc(CC)c1. The summed E-state index contributed by atoms with van der Waals surface area (Å²) in [5.41, 5.74) is 2.33. The zero-order valence-corrected chi connectivity index (χ0v) is 10.1. The van der Waals surface area contributed by atoms with E-state index in [2.05, 4.69) is 19.9 Å². The Labute approximate surface area is 96.4 Å². The number of carbonyl (C=O) groups is 1. The van der Waals surface area contributed by atoms with Crippen molar-refractivity contribution in [3.63, 3.8) is 0 Å². The summed E-state index contributed by atoms with van der Waals surface area (Å²) in [6, 6.07) is 5.87. The van der Waals surface area contributed by atoms with Gasteiger partial charge >= 0.3 is 6.16 Å². The van der Waals surface area contributed by atoms with Crippen LogP contribution in [0.3, 0.4) is 0 Å². The Hall–Kier alpha value is -1.51. The van der Waals surface area contributed by atoms with Crippen LogP contribution in [0.4, 0.5) is 4.79 Å². The molecule has 0 atom stereocenters. The van der Waals surface area contributed by atoms with Crippen molar-refractivity contribution >= 4 is 6.16 Å². The van der Waals surface area contributed by atoms with Gasteiger partial charge in [-0.15, -0.1) is 0 Å². The van der Waals surface area contributed by atoms with Gasteiger partial charge < -0.3 is 9.47 Å². The van der Waals surface area contributed by atoms with E-state index in [-0.39, 0.29) is 0 Å². The average Bonchev–Trinajstić information content (AvgIpc) is 2.28. The molecule has 0 aliphatic rings. The Kier molecular flexibility index (Phi) is 4.83. The van der Waals surface area contributed by atoms with Crippen LogP contribution in [0.5, 0.6) is 5.75 Å². The molecular formula is C13H18O3. The van der Waals surface area contributed by atoms with Crippen molar-refractivity contribution in [1.29, 1.82) is 0 Å². The molecule has 16 heavy (non-hydrogen) atoms. The summed E-state index contributed by atoms with van der Waals surface area (Å²) in [7, 11) is 0. The van der Waals surface area contributed by atoms with Crippen molar-refractivity contribution in [3.05, 3.63) is 29.3 Å². The van der Waals surface area contributed by atoms with Gasteiger partial charge in [-0.1, -0.05) is 19.9 Å². The number of hydrogen-bond donors (Lipinski definition) is 0. The molecule has 3 heteroatoms. The molecule has 0 aliphatic carbocycles. The van der Waals surface area contributed by atoms with E-state index in [0.717, 1.165) is 12.8 Å². The lowest BCUT2D eigenvalue weighted by Gasteiger charge is -2.08. The molecule has 0 fully saturated rings. The maximum absolute atomic E-state index is 11.2. The van der Waals surface area contributed by atoms with Gasteiger partial charge in [0.05, 0.1) is 6.61 Å². The number of ether oxygens (including phenoxy) is 2. The molecule has 0 bridgehead atoms. The van der Waals surface area contributed by atoms with E-state index in [1.807, 2.05) is 12.1 Å². The molecule has 0 aromatic heterocycles. The van der Waals surface area contributed by atoms with E-state index in [9.17, 15) is 4.79 Å². The van der Waals surface area contributed by atoms with Crippen molar-refractivity contribution in [2.75, 3.05) is 6.61 Å². The Balaban J connectivity index is 2.82. The van der Waals surface area contributed by atoms with Crippen molar-refractivity contribution in [2.45, 2.75) is 33.6 Å². The number of hydrogen-bond acceptors (Lipinski definition) is 3. The van der Waals surface area contributed by atoms with Gasteiger partial charge in [0, 0.05) is 0 Å². The molecule has 0 spiro atoms. The lowest BCUT2D eigenvalue weighted by molar-refractivity contribution is 0.104. The quantitative estimate of drug-likeness (QED) is 0.579. The van der Waals surface area contributed by atoms with Crippen molar-refractivity contribution < 1.29 is 14.3 Å². The summed E-state index contributed by atoms with van der Waals surface area (Å²) in [6.07, 6.45) is 1.21. The molecule has 88 valence electrons. The molecule has 0 radical (unpaired) electrons. The fraction of sp³-hybridized carbons (Fsp3) is 0.462. The second-order valence-electron chi connectivity index (χ2n) is 3.48. The first-order chi connectivity index (χ1) is 7.69. The zero-order chi connectivity index (χ0) is 12.0. The molecule has 0 heterocycles. The fourth-order valence-electron chi connectivity index (χ4n) is 1.44. The third kappa shape index (κ3) is 3.57. The molecule has 1 aromatic rings. The van der Waals surface area contributed by atoms with Crippen LogP contribution in [0.2, 0.25) is 0 Å². The summed E-state index contributed by atoms with van der Waals surface area (Å²) in [5, 5.41) is 0. The van der Waals surface area contributed by atoms with Gasteiger partial charge in [0.25, 0.3) is 0 Å². The van der Waals surface area contributed by atoms with E-state index >= 15 is 0 Å². The predicted molar refractivity (Wildman–Crippen MR) is 62.8 cm³/mol. The second-order valence-corrected chi connectivity index (χ2v) is 3.48. The minimum absolute atomic E-state index is 0.326. The summed E-state index contributed by atoms with van der Waals surface area (Å²) in [6.45, 7) is 6.22. The van der Waals surface area contributed by atoms with Gasteiger partial charge in [0.2, 0.25) is 0 Å². The zero-order valence-electron chi connectivity index (χ0n) is 10.1. The van der Waals surface area contributed by atoms with Crippen LogP contribution in [0.1, 0.15) is 31.9 Å². The molecule has 0 unspecified atom stereocenters. The van der Waals surface area contributed by atoms with E-state index in [4.69, 9.17) is 9.47 Å². The maximum Gasteiger partial charge on any atom is 0.513 e. The third-order valence-electron chi connectivity index (χ3n) is 2.31. The molecule has 0 amide bonds. The lowest BCUT2D eigenvalue weighted by atomic mass is 10.1.